The lowest BCUT2D eigenvalue weighted by Crippen LogP contribution is -2.25. The van der Waals surface area contributed by atoms with E-state index in [2.05, 4.69) is 10.5 Å². The average Bonchev–Trinajstić information content (AvgIpc) is 2.56. The van der Waals surface area contributed by atoms with Crippen LogP contribution in [0.15, 0.2) is 16.7 Å². The van der Waals surface area contributed by atoms with Crippen molar-refractivity contribution in [3.8, 4) is 0 Å². The van der Waals surface area contributed by atoms with Crippen molar-refractivity contribution in [3.63, 3.8) is 0 Å². The Morgan fingerprint density at radius 3 is 2.81 bits per heavy atom. The van der Waals surface area contributed by atoms with E-state index in [1.54, 1.807) is 13.0 Å². The molecule has 5 nitrogen and oxygen atoms in total. The summed E-state index contributed by atoms with van der Waals surface area (Å²) in [4.78, 5) is 11.5. The summed E-state index contributed by atoms with van der Waals surface area (Å²) in [7, 11) is 0. The lowest BCUT2D eigenvalue weighted by atomic mass is 10.1. The second-order valence-corrected chi connectivity index (χ2v) is 3.49. The summed E-state index contributed by atoms with van der Waals surface area (Å²) in [5.74, 6) is 0.654. The third kappa shape index (κ3) is 3.51. The molecule has 3 N–H and O–H groups in total. The highest BCUT2D eigenvalue weighted by Crippen LogP contribution is 2.12. The van der Waals surface area contributed by atoms with Gasteiger partial charge in [0.05, 0.1) is 12.1 Å². The fourth-order valence-corrected chi connectivity index (χ4v) is 1.33. The first-order valence-electron chi connectivity index (χ1n) is 5.18. The lowest BCUT2D eigenvalue weighted by Gasteiger charge is -2.01. The smallest absolute Gasteiger partial charge is 0.224 e. The number of nitrogens with zero attached hydrogens (tertiary/aromatic N) is 1. The quantitative estimate of drug-likeness (QED) is 0.711. The van der Waals surface area contributed by atoms with Gasteiger partial charge in [-0.2, -0.15) is 0 Å². The van der Waals surface area contributed by atoms with E-state index in [4.69, 9.17) is 10.3 Å². The molecule has 1 rings (SSSR count). The van der Waals surface area contributed by atoms with Crippen LogP contribution in [0.1, 0.15) is 17.0 Å². The fraction of sp³-hybridized carbons (Fsp3) is 0.455. The minimum atomic E-state index is -0.0453. The Morgan fingerprint density at radius 1 is 1.50 bits per heavy atom. The molecule has 0 aromatic carbocycles. The Hall–Kier alpha value is -1.62. The molecule has 1 amide bonds. The van der Waals surface area contributed by atoms with Crippen LogP contribution in [0.5, 0.6) is 0 Å². The molecule has 1 heterocycles. The van der Waals surface area contributed by atoms with Gasteiger partial charge in [-0.05, 0) is 13.8 Å². The van der Waals surface area contributed by atoms with E-state index in [9.17, 15) is 4.79 Å². The largest absolute Gasteiger partial charge is 0.361 e. The number of carbonyl (C=O) groups is 1. The van der Waals surface area contributed by atoms with Gasteiger partial charge in [-0.3, -0.25) is 4.79 Å². The van der Waals surface area contributed by atoms with Crippen molar-refractivity contribution in [1.82, 2.24) is 10.5 Å². The van der Waals surface area contributed by atoms with Gasteiger partial charge in [0.25, 0.3) is 0 Å². The molecule has 1 aromatic rings. The third-order valence-corrected chi connectivity index (χ3v) is 2.24. The Kier molecular flexibility index (Phi) is 4.72. The van der Waals surface area contributed by atoms with Crippen molar-refractivity contribution < 1.29 is 9.32 Å². The maximum atomic E-state index is 11.5. The van der Waals surface area contributed by atoms with Gasteiger partial charge in [0.1, 0.15) is 5.76 Å². The molecule has 5 heteroatoms. The van der Waals surface area contributed by atoms with Crippen LogP contribution < -0.4 is 11.1 Å². The average molecular weight is 223 g/mol. The Bertz CT molecular complexity index is 363. The second kappa shape index (κ2) is 6.07. The number of nitrogens with one attached hydrogen (secondary N) is 1. The highest BCUT2D eigenvalue weighted by Gasteiger charge is 2.12. The Morgan fingerprint density at radius 2 is 2.25 bits per heavy atom. The van der Waals surface area contributed by atoms with Crippen LogP contribution in [-0.2, 0) is 11.2 Å². The summed E-state index contributed by atoms with van der Waals surface area (Å²) >= 11 is 0. The predicted molar refractivity (Wildman–Crippen MR) is 60.9 cm³/mol. The molecule has 0 bridgehead atoms. The van der Waals surface area contributed by atoms with Crippen molar-refractivity contribution in [2.75, 3.05) is 13.1 Å². The van der Waals surface area contributed by atoms with Crippen molar-refractivity contribution >= 4 is 5.91 Å². The third-order valence-electron chi connectivity index (χ3n) is 2.24. The SMILES string of the molecule is Cc1noc(C)c1CC(=O)NC/C=C/CN. The molecule has 0 spiro atoms. The summed E-state index contributed by atoms with van der Waals surface area (Å²) in [6.45, 7) is 4.61. The van der Waals surface area contributed by atoms with E-state index in [0.29, 0.717) is 25.3 Å². The van der Waals surface area contributed by atoms with E-state index in [-0.39, 0.29) is 5.91 Å². The van der Waals surface area contributed by atoms with Crippen LogP contribution in [0.2, 0.25) is 0 Å². The zero-order chi connectivity index (χ0) is 12.0. The topological polar surface area (TPSA) is 81.2 Å². The van der Waals surface area contributed by atoms with Crippen LogP contribution in [0.3, 0.4) is 0 Å². The van der Waals surface area contributed by atoms with Gasteiger partial charge in [-0.15, -0.1) is 0 Å². The molecule has 0 fully saturated rings. The molecule has 0 aliphatic rings. The summed E-state index contributed by atoms with van der Waals surface area (Å²) in [6.07, 6.45) is 3.93. The molecule has 0 radical (unpaired) electrons. The monoisotopic (exact) mass is 223 g/mol. The van der Waals surface area contributed by atoms with Gasteiger partial charge in [0.2, 0.25) is 5.91 Å². The molecule has 16 heavy (non-hydrogen) atoms. The number of aromatic nitrogens is 1. The van der Waals surface area contributed by atoms with Crippen LogP contribution in [-0.4, -0.2) is 24.2 Å². The van der Waals surface area contributed by atoms with Crippen molar-refractivity contribution in [3.05, 3.63) is 29.2 Å². The zero-order valence-corrected chi connectivity index (χ0v) is 9.62. The van der Waals surface area contributed by atoms with E-state index in [1.165, 1.54) is 0 Å². The predicted octanol–water partition coefficient (Wildman–Crippen LogP) is 0.465. The van der Waals surface area contributed by atoms with E-state index >= 15 is 0 Å². The minimum absolute atomic E-state index is 0.0453. The van der Waals surface area contributed by atoms with Gasteiger partial charge in [-0.1, -0.05) is 17.3 Å². The minimum Gasteiger partial charge on any atom is -0.361 e. The highest BCUT2D eigenvalue weighted by molar-refractivity contribution is 5.79. The normalized spacial score (nSPS) is 10.9. The van der Waals surface area contributed by atoms with E-state index < -0.39 is 0 Å². The number of carbonyl (C=O) groups excluding carboxylic acids is 1. The molecule has 0 saturated carbocycles. The van der Waals surface area contributed by atoms with Gasteiger partial charge < -0.3 is 15.6 Å². The first-order chi connectivity index (χ1) is 7.65. The molecule has 0 aliphatic carbocycles. The van der Waals surface area contributed by atoms with E-state index in [0.717, 1.165) is 11.3 Å². The Balaban J connectivity index is 2.43. The lowest BCUT2D eigenvalue weighted by molar-refractivity contribution is -0.120. The molecule has 88 valence electrons. The summed E-state index contributed by atoms with van der Waals surface area (Å²) < 4.78 is 4.98. The zero-order valence-electron chi connectivity index (χ0n) is 9.62. The molecule has 0 atom stereocenters. The fourth-order valence-electron chi connectivity index (χ4n) is 1.33. The molecular formula is C11H17N3O2. The first kappa shape index (κ1) is 12.4. The Labute approximate surface area is 94.7 Å². The van der Waals surface area contributed by atoms with Gasteiger partial charge in [0.15, 0.2) is 0 Å². The molecule has 0 saturated heterocycles. The van der Waals surface area contributed by atoms with Crippen molar-refractivity contribution in [2.24, 2.45) is 5.73 Å². The highest BCUT2D eigenvalue weighted by atomic mass is 16.5. The molecule has 1 aromatic heterocycles. The van der Waals surface area contributed by atoms with E-state index in [1.807, 2.05) is 13.0 Å². The van der Waals surface area contributed by atoms with Crippen LogP contribution >= 0.6 is 0 Å². The standard InChI is InChI=1S/C11H17N3O2/c1-8-10(9(2)16-14-8)7-11(15)13-6-4-3-5-12/h3-4H,5-7,12H2,1-2H3,(H,13,15)/b4-3+. The van der Waals surface area contributed by atoms with Crippen LogP contribution in [0.4, 0.5) is 0 Å². The number of aryl methyl sites for hydroxylation is 2. The maximum absolute atomic E-state index is 11.5. The number of rotatable bonds is 5. The maximum Gasteiger partial charge on any atom is 0.224 e. The van der Waals surface area contributed by atoms with Crippen LogP contribution in [0.25, 0.3) is 0 Å². The number of amides is 1. The summed E-state index contributed by atoms with van der Waals surface area (Å²) in [5.41, 5.74) is 6.90. The van der Waals surface area contributed by atoms with Crippen LogP contribution in [0, 0.1) is 13.8 Å². The van der Waals surface area contributed by atoms with Crippen molar-refractivity contribution in [2.45, 2.75) is 20.3 Å². The molecule has 0 unspecified atom stereocenters. The number of hydrogen-bond acceptors (Lipinski definition) is 4. The summed E-state index contributed by atoms with van der Waals surface area (Å²) in [6, 6.07) is 0. The van der Waals surface area contributed by atoms with Crippen molar-refractivity contribution in [1.29, 1.82) is 0 Å². The van der Waals surface area contributed by atoms with Gasteiger partial charge >= 0.3 is 0 Å². The summed E-state index contributed by atoms with van der Waals surface area (Å²) in [5, 5.41) is 6.55. The second-order valence-electron chi connectivity index (χ2n) is 3.49. The molecular weight excluding hydrogens is 206 g/mol. The number of hydrogen-bond donors (Lipinski definition) is 2. The first-order valence-corrected chi connectivity index (χ1v) is 5.18. The molecule has 0 aliphatic heterocycles. The van der Waals surface area contributed by atoms with Gasteiger partial charge in [0, 0.05) is 18.7 Å². The van der Waals surface area contributed by atoms with Gasteiger partial charge in [-0.25, -0.2) is 0 Å². The number of nitrogens with two attached hydrogens (primary N) is 1.